The lowest BCUT2D eigenvalue weighted by atomic mass is 10.1. The van der Waals surface area contributed by atoms with Crippen LogP contribution in [0, 0.1) is 5.82 Å². The van der Waals surface area contributed by atoms with Crippen molar-refractivity contribution < 1.29 is 18.8 Å². The zero-order chi connectivity index (χ0) is 21.4. The minimum absolute atomic E-state index is 0.130. The molecule has 0 bridgehead atoms. The Morgan fingerprint density at radius 1 is 1.17 bits per heavy atom. The summed E-state index contributed by atoms with van der Waals surface area (Å²) in [5.74, 6) is -2.08. The van der Waals surface area contributed by atoms with E-state index in [4.69, 9.17) is 11.6 Å². The number of rotatable bonds is 5. The molecule has 0 aromatic heterocycles. The number of carbonyl (C=O) groups is 3. The Bertz CT molecular complexity index is 1060. The molecule has 0 radical (unpaired) electrons. The van der Waals surface area contributed by atoms with Gasteiger partial charge in [-0.3, -0.25) is 19.4 Å². The van der Waals surface area contributed by atoms with Crippen molar-refractivity contribution in [2.24, 2.45) is 10.3 Å². The molecule has 2 heterocycles. The molecule has 2 aliphatic rings. The van der Waals surface area contributed by atoms with Gasteiger partial charge < -0.3 is 5.32 Å². The Hall–Kier alpha value is -3.33. The molecular weight excluding hydrogens is 413 g/mol. The number of halogens is 2. The van der Waals surface area contributed by atoms with E-state index in [0.29, 0.717) is 11.4 Å². The fourth-order valence-electron chi connectivity index (χ4n) is 3.41. The Balaban J connectivity index is 1.47. The fourth-order valence-corrected chi connectivity index (χ4v) is 3.59. The van der Waals surface area contributed by atoms with E-state index in [1.165, 1.54) is 17.1 Å². The SMILES string of the molecule is CCc1ccc(N2C(=O)[C@H]3N=NN(CC(=O)Nc4ccc(F)c(Cl)c4)[C@@H]3C2=O)cc1. The van der Waals surface area contributed by atoms with E-state index in [1.54, 1.807) is 12.1 Å². The average molecular weight is 430 g/mol. The molecule has 3 amide bonds. The third-order valence-corrected chi connectivity index (χ3v) is 5.26. The first-order valence-electron chi connectivity index (χ1n) is 9.28. The highest BCUT2D eigenvalue weighted by molar-refractivity contribution is 6.31. The molecule has 2 atom stereocenters. The maximum atomic E-state index is 13.3. The van der Waals surface area contributed by atoms with Crippen LogP contribution in [0.3, 0.4) is 0 Å². The number of hydrogen-bond acceptors (Lipinski definition) is 6. The van der Waals surface area contributed by atoms with Crippen LogP contribution in [0.2, 0.25) is 5.02 Å². The van der Waals surface area contributed by atoms with E-state index < -0.39 is 35.6 Å². The standard InChI is InChI=1S/C20H17ClFN5O3/c1-2-11-3-6-13(7-4-11)27-19(29)17-18(20(27)30)26(25-24-17)10-16(28)23-12-5-8-15(22)14(21)9-12/h3-9,17-18H,2,10H2,1H3,(H,23,28)/t17-,18-/m0/s1. The predicted octanol–water partition coefficient (Wildman–Crippen LogP) is 2.97. The van der Waals surface area contributed by atoms with Gasteiger partial charge in [0.05, 0.1) is 10.7 Å². The van der Waals surface area contributed by atoms with Crippen molar-refractivity contribution in [3.05, 3.63) is 58.9 Å². The maximum absolute atomic E-state index is 13.3. The van der Waals surface area contributed by atoms with Crippen LogP contribution in [0.5, 0.6) is 0 Å². The number of imide groups is 1. The van der Waals surface area contributed by atoms with E-state index in [-0.39, 0.29) is 11.6 Å². The quantitative estimate of drug-likeness (QED) is 0.739. The van der Waals surface area contributed by atoms with Crippen LogP contribution < -0.4 is 10.2 Å². The van der Waals surface area contributed by atoms with Gasteiger partial charge >= 0.3 is 0 Å². The summed E-state index contributed by atoms with van der Waals surface area (Å²) in [5, 5.41) is 11.3. The second-order valence-corrected chi connectivity index (χ2v) is 7.31. The lowest BCUT2D eigenvalue weighted by Gasteiger charge is -2.20. The molecule has 1 saturated heterocycles. The Kier molecular flexibility index (Phi) is 5.21. The summed E-state index contributed by atoms with van der Waals surface area (Å²) in [7, 11) is 0. The van der Waals surface area contributed by atoms with Gasteiger partial charge in [-0.25, -0.2) is 9.29 Å². The van der Waals surface area contributed by atoms with Crippen LogP contribution in [0.4, 0.5) is 15.8 Å². The summed E-state index contributed by atoms with van der Waals surface area (Å²) in [4.78, 5) is 39.1. The summed E-state index contributed by atoms with van der Waals surface area (Å²) >= 11 is 5.71. The van der Waals surface area contributed by atoms with Gasteiger partial charge in [0.15, 0.2) is 12.1 Å². The number of nitrogens with one attached hydrogen (secondary N) is 1. The number of nitrogens with zero attached hydrogens (tertiary/aromatic N) is 4. The molecule has 4 rings (SSSR count). The number of hydrogen-bond donors (Lipinski definition) is 1. The lowest BCUT2D eigenvalue weighted by Crippen LogP contribution is -2.43. The number of anilines is 2. The molecule has 0 unspecified atom stereocenters. The molecule has 154 valence electrons. The van der Waals surface area contributed by atoms with Crippen LogP contribution in [0.25, 0.3) is 0 Å². The van der Waals surface area contributed by atoms with Crippen molar-refractivity contribution in [3.63, 3.8) is 0 Å². The fraction of sp³-hybridized carbons (Fsp3) is 0.250. The van der Waals surface area contributed by atoms with E-state index in [9.17, 15) is 18.8 Å². The molecule has 0 aliphatic carbocycles. The van der Waals surface area contributed by atoms with Crippen molar-refractivity contribution in [1.82, 2.24) is 5.01 Å². The molecular formula is C20H17ClFN5O3. The first-order chi connectivity index (χ1) is 14.4. The molecule has 0 spiro atoms. The largest absolute Gasteiger partial charge is 0.324 e. The molecule has 2 aromatic carbocycles. The average Bonchev–Trinajstić information content (AvgIpc) is 3.24. The molecule has 8 nitrogen and oxygen atoms in total. The Morgan fingerprint density at radius 3 is 2.57 bits per heavy atom. The molecule has 1 fully saturated rings. The van der Waals surface area contributed by atoms with Crippen LogP contribution in [0.1, 0.15) is 12.5 Å². The Morgan fingerprint density at radius 2 is 1.90 bits per heavy atom. The maximum Gasteiger partial charge on any atom is 0.263 e. The molecule has 2 aromatic rings. The number of benzene rings is 2. The normalized spacial score (nSPS) is 20.1. The third kappa shape index (κ3) is 3.52. The Labute approximate surface area is 176 Å². The van der Waals surface area contributed by atoms with E-state index >= 15 is 0 Å². The molecule has 1 N–H and O–H groups in total. The second kappa shape index (κ2) is 7.83. The van der Waals surface area contributed by atoms with Crippen molar-refractivity contribution >= 4 is 40.7 Å². The van der Waals surface area contributed by atoms with Gasteiger partial charge in [0.1, 0.15) is 12.4 Å². The summed E-state index contributed by atoms with van der Waals surface area (Å²) in [5.41, 5.74) is 1.83. The minimum atomic E-state index is -0.989. The lowest BCUT2D eigenvalue weighted by molar-refractivity contribution is -0.123. The number of fused-ring (bicyclic) bond motifs is 1. The van der Waals surface area contributed by atoms with Gasteiger partial charge in [-0.05, 0) is 42.3 Å². The van der Waals surface area contributed by atoms with Gasteiger partial charge in [0.25, 0.3) is 11.8 Å². The van der Waals surface area contributed by atoms with Crippen LogP contribution in [-0.2, 0) is 20.8 Å². The zero-order valence-electron chi connectivity index (χ0n) is 15.9. The zero-order valence-corrected chi connectivity index (χ0v) is 16.6. The highest BCUT2D eigenvalue weighted by Crippen LogP contribution is 2.32. The highest BCUT2D eigenvalue weighted by Gasteiger charge is 2.55. The monoisotopic (exact) mass is 429 g/mol. The smallest absolute Gasteiger partial charge is 0.263 e. The van der Waals surface area contributed by atoms with Gasteiger partial charge in [0.2, 0.25) is 5.91 Å². The highest BCUT2D eigenvalue weighted by atomic mass is 35.5. The van der Waals surface area contributed by atoms with E-state index in [0.717, 1.165) is 23.0 Å². The summed E-state index contributed by atoms with van der Waals surface area (Å²) in [6, 6.07) is 8.92. The predicted molar refractivity (Wildman–Crippen MR) is 107 cm³/mol. The molecule has 0 saturated carbocycles. The summed E-state index contributed by atoms with van der Waals surface area (Å²) in [6.07, 6.45) is 0.837. The molecule has 30 heavy (non-hydrogen) atoms. The minimum Gasteiger partial charge on any atom is -0.324 e. The second-order valence-electron chi connectivity index (χ2n) is 6.90. The summed E-state index contributed by atoms with van der Waals surface area (Å²) < 4.78 is 13.3. The number of carbonyl (C=O) groups excluding carboxylic acids is 3. The number of amides is 3. The van der Waals surface area contributed by atoms with Crippen LogP contribution in [-0.4, -0.2) is 41.4 Å². The van der Waals surface area contributed by atoms with Gasteiger partial charge in [-0.1, -0.05) is 35.9 Å². The van der Waals surface area contributed by atoms with Crippen molar-refractivity contribution in [1.29, 1.82) is 0 Å². The van der Waals surface area contributed by atoms with Crippen molar-refractivity contribution in [3.8, 4) is 0 Å². The molecule has 10 heteroatoms. The van der Waals surface area contributed by atoms with Crippen LogP contribution >= 0.6 is 11.6 Å². The topological polar surface area (TPSA) is 94.4 Å². The van der Waals surface area contributed by atoms with E-state index in [2.05, 4.69) is 15.7 Å². The van der Waals surface area contributed by atoms with Gasteiger partial charge in [-0.15, -0.1) is 0 Å². The van der Waals surface area contributed by atoms with Crippen molar-refractivity contribution in [2.75, 3.05) is 16.8 Å². The third-order valence-electron chi connectivity index (χ3n) is 4.97. The first kappa shape index (κ1) is 20.0. The molecule has 2 aliphatic heterocycles. The van der Waals surface area contributed by atoms with Gasteiger partial charge in [0, 0.05) is 5.69 Å². The number of aryl methyl sites for hydroxylation is 1. The van der Waals surface area contributed by atoms with Gasteiger partial charge in [-0.2, -0.15) is 5.11 Å². The van der Waals surface area contributed by atoms with Crippen molar-refractivity contribution in [2.45, 2.75) is 25.4 Å². The first-order valence-corrected chi connectivity index (χ1v) is 9.66. The van der Waals surface area contributed by atoms with E-state index in [1.807, 2.05) is 19.1 Å². The van der Waals surface area contributed by atoms with Crippen LogP contribution in [0.15, 0.2) is 52.8 Å². The summed E-state index contributed by atoms with van der Waals surface area (Å²) in [6.45, 7) is 1.70.